The Labute approximate surface area is 135 Å². The molecule has 2 aromatic carbocycles. The van der Waals surface area contributed by atoms with Crippen molar-refractivity contribution < 1.29 is 0 Å². The van der Waals surface area contributed by atoms with E-state index in [1.54, 1.807) is 6.07 Å². The molecule has 118 valence electrons. The molecule has 0 spiro atoms. The van der Waals surface area contributed by atoms with Gasteiger partial charge in [-0.1, -0.05) is 49.4 Å². The van der Waals surface area contributed by atoms with Crippen LogP contribution in [0.1, 0.15) is 24.7 Å². The van der Waals surface area contributed by atoms with Crippen molar-refractivity contribution in [2.75, 3.05) is 6.54 Å². The van der Waals surface area contributed by atoms with Crippen LogP contribution >= 0.6 is 0 Å². The van der Waals surface area contributed by atoms with Crippen LogP contribution in [0.2, 0.25) is 0 Å². The maximum atomic E-state index is 12.2. The minimum absolute atomic E-state index is 0.0678. The highest BCUT2D eigenvalue weighted by molar-refractivity contribution is 5.77. The first-order chi connectivity index (χ1) is 11.3. The molecule has 0 aliphatic heterocycles. The highest BCUT2D eigenvalue weighted by Crippen LogP contribution is 2.10. The minimum Gasteiger partial charge on any atom is -0.309 e. The molecule has 0 fully saturated rings. The van der Waals surface area contributed by atoms with Crippen molar-refractivity contribution in [1.29, 1.82) is 0 Å². The van der Waals surface area contributed by atoms with E-state index < -0.39 is 0 Å². The lowest BCUT2D eigenvalue weighted by atomic mass is 10.2. The minimum atomic E-state index is -0.0678. The SMILES string of the molecule is CCCN(Cc1ccccc1)Cc1nc2ccccc2c(=O)[nH]1. The van der Waals surface area contributed by atoms with Crippen molar-refractivity contribution in [3.63, 3.8) is 0 Å². The third kappa shape index (κ3) is 3.85. The number of hydrogen-bond acceptors (Lipinski definition) is 3. The molecule has 0 radical (unpaired) electrons. The molecule has 0 amide bonds. The maximum absolute atomic E-state index is 12.2. The van der Waals surface area contributed by atoms with Gasteiger partial charge in [0.15, 0.2) is 0 Å². The maximum Gasteiger partial charge on any atom is 0.258 e. The number of benzene rings is 2. The van der Waals surface area contributed by atoms with E-state index in [0.29, 0.717) is 11.9 Å². The van der Waals surface area contributed by atoms with Crippen molar-refractivity contribution in [1.82, 2.24) is 14.9 Å². The molecule has 0 saturated heterocycles. The quantitative estimate of drug-likeness (QED) is 0.760. The molecule has 23 heavy (non-hydrogen) atoms. The highest BCUT2D eigenvalue weighted by atomic mass is 16.1. The van der Waals surface area contributed by atoms with Gasteiger partial charge in [-0.2, -0.15) is 0 Å². The topological polar surface area (TPSA) is 49.0 Å². The highest BCUT2D eigenvalue weighted by Gasteiger charge is 2.09. The standard InChI is InChI=1S/C19H21N3O/c1-2-12-22(13-15-8-4-3-5-9-15)14-18-20-17-11-7-6-10-16(17)19(23)21-18/h3-11H,2,12-14H2,1H3,(H,20,21,23). The van der Waals surface area contributed by atoms with Gasteiger partial charge in [-0.25, -0.2) is 4.98 Å². The summed E-state index contributed by atoms with van der Waals surface area (Å²) in [6.07, 6.45) is 1.06. The van der Waals surface area contributed by atoms with Gasteiger partial charge in [0.05, 0.1) is 17.4 Å². The van der Waals surface area contributed by atoms with E-state index in [1.165, 1.54) is 5.56 Å². The lowest BCUT2D eigenvalue weighted by Gasteiger charge is -2.21. The normalized spacial score (nSPS) is 11.2. The Kier molecular flexibility index (Phi) is 4.83. The molecule has 3 aromatic rings. The number of para-hydroxylation sites is 1. The molecule has 1 N–H and O–H groups in total. The number of hydrogen-bond donors (Lipinski definition) is 1. The van der Waals surface area contributed by atoms with Crippen LogP contribution < -0.4 is 5.56 Å². The number of aromatic amines is 1. The smallest absolute Gasteiger partial charge is 0.258 e. The van der Waals surface area contributed by atoms with Crippen molar-refractivity contribution in [2.45, 2.75) is 26.4 Å². The van der Waals surface area contributed by atoms with E-state index >= 15 is 0 Å². The van der Waals surface area contributed by atoms with E-state index in [2.05, 4.69) is 46.1 Å². The first-order valence-corrected chi connectivity index (χ1v) is 8.00. The second kappa shape index (κ2) is 7.20. The summed E-state index contributed by atoms with van der Waals surface area (Å²) in [4.78, 5) is 22.0. The van der Waals surface area contributed by atoms with E-state index in [4.69, 9.17) is 0 Å². The lowest BCUT2D eigenvalue weighted by molar-refractivity contribution is 0.251. The monoisotopic (exact) mass is 307 g/mol. The van der Waals surface area contributed by atoms with Crippen molar-refractivity contribution in [3.05, 3.63) is 76.3 Å². The molecule has 0 saturated carbocycles. The zero-order valence-corrected chi connectivity index (χ0v) is 13.3. The molecular weight excluding hydrogens is 286 g/mol. The number of nitrogens with one attached hydrogen (secondary N) is 1. The van der Waals surface area contributed by atoms with E-state index in [1.807, 2.05) is 24.3 Å². The Hall–Kier alpha value is -2.46. The molecule has 4 heteroatoms. The van der Waals surface area contributed by atoms with Gasteiger partial charge in [-0.05, 0) is 30.7 Å². The molecule has 1 heterocycles. The third-order valence-corrected chi connectivity index (χ3v) is 3.82. The summed E-state index contributed by atoms with van der Waals surface area (Å²) in [6, 6.07) is 17.8. The van der Waals surface area contributed by atoms with E-state index in [-0.39, 0.29) is 5.56 Å². The van der Waals surface area contributed by atoms with Crippen molar-refractivity contribution >= 4 is 10.9 Å². The first-order valence-electron chi connectivity index (χ1n) is 8.00. The molecule has 3 rings (SSSR count). The van der Waals surface area contributed by atoms with Gasteiger partial charge in [0.2, 0.25) is 0 Å². The fourth-order valence-electron chi connectivity index (χ4n) is 2.79. The van der Waals surface area contributed by atoms with Crippen LogP contribution in [0.15, 0.2) is 59.4 Å². The van der Waals surface area contributed by atoms with Gasteiger partial charge in [0, 0.05) is 6.54 Å². The number of aromatic nitrogens is 2. The van der Waals surface area contributed by atoms with Crippen molar-refractivity contribution in [3.8, 4) is 0 Å². The zero-order chi connectivity index (χ0) is 16.1. The van der Waals surface area contributed by atoms with Crippen LogP contribution in [0.25, 0.3) is 10.9 Å². The fraction of sp³-hybridized carbons (Fsp3) is 0.263. The summed E-state index contributed by atoms with van der Waals surface area (Å²) < 4.78 is 0. The molecule has 0 atom stereocenters. The van der Waals surface area contributed by atoms with E-state index in [9.17, 15) is 4.79 Å². The summed E-state index contributed by atoms with van der Waals surface area (Å²) in [7, 11) is 0. The Morgan fingerprint density at radius 1 is 1.00 bits per heavy atom. The van der Waals surface area contributed by atoms with Crippen LogP contribution in [0.4, 0.5) is 0 Å². The van der Waals surface area contributed by atoms with Crippen LogP contribution in [0, 0.1) is 0 Å². The molecule has 1 aromatic heterocycles. The molecule has 4 nitrogen and oxygen atoms in total. The summed E-state index contributed by atoms with van der Waals surface area (Å²) >= 11 is 0. The van der Waals surface area contributed by atoms with E-state index in [0.717, 1.165) is 30.9 Å². The molecule has 0 aliphatic rings. The Balaban J connectivity index is 1.84. The summed E-state index contributed by atoms with van der Waals surface area (Å²) in [5.74, 6) is 0.720. The van der Waals surface area contributed by atoms with Crippen LogP contribution in [0.5, 0.6) is 0 Å². The van der Waals surface area contributed by atoms with Crippen LogP contribution in [0.3, 0.4) is 0 Å². The van der Waals surface area contributed by atoms with Gasteiger partial charge in [0.25, 0.3) is 5.56 Å². The molecule has 0 unspecified atom stereocenters. The van der Waals surface area contributed by atoms with Crippen LogP contribution in [-0.4, -0.2) is 21.4 Å². The number of rotatable bonds is 6. The second-order valence-electron chi connectivity index (χ2n) is 5.73. The Morgan fingerprint density at radius 2 is 1.74 bits per heavy atom. The van der Waals surface area contributed by atoms with Gasteiger partial charge in [-0.3, -0.25) is 9.69 Å². The largest absolute Gasteiger partial charge is 0.309 e. The average molecular weight is 307 g/mol. The second-order valence-corrected chi connectivity index (χ2v) is 5.73. The Morgan fingerprint density at radius 3 is 2.52 bits per heavy atom. The van der Waals surface area contributed by atoms with Gasteiger partial charge < -0.3 is 4.98 Å². The Bertz CT molecular complexity index is 827. The third-order valence-electron chi connectivity index (χ3n) is 3.82. The van der Waals surface area contributed by atoms with Gasteiger partial charge in [0.1, 0.15) is 5.82 Å². The summed E-state index contributed by atoms with van der Waals surface area (Å²) in [5.41, 5.74) is 1.95. The first kappa shape index (κ1) is 15.4. The van der Waals surface area contributed by atoms with Gasteiger partial charge in [-0.15, -0.1) is 0 Å². The van der Waals surface area contributed by atoms with Crippen LogP contribution in [-0.2, 0) is 13.1 Å². The van der Waals surface area contributed by atoms with Crippen molar-refractivity contribution in [2.24, 2.45) is 0 Å². The number of fused-ring (bicyclic) bond motifs is 1. The predicted molar refractivity (Wildman–Crippen MR) is 93.2 cm³/mol. The fourth-order valence-corrected chi connectivity index (χ4v) is 2.79. The molecular formula is C19H21N3O. The summed E-state index contributed by atoms with van der Waals surface area (Å²) in [6.45, 7) is 4.62. The lowest BCUT2D eigenvalue weighted by Crippen LogP contribution is -2.26. The predicted octanol–water partition coefficient (Wildman–Crippen LogP) is 3.34. The number of H-pyrrole nitrogens is 1. The molecule has 0 bridgehead atoms. The summed E-state index contributed by atoms with van der Waals surface area (Å²) in [5, 5.41) is 0.640. The molecule has 0 aliphatic carbocycles. The number of nitrogens with zero attached hydrogens (tertiary/aromatic N) is 2. The average Bonchev–Trinajstić information content (AvgIpc) is 2.56. The zero-order valence-electron chi connectivity index (χ0n) is 13.3. The van der Waals surface area contributed by atoms with Gasteiger partial charge >= 0.3 is 0 Å².